The summed E-state index contributed by atoms with van der Waals surface area (Å²) in [4.78, 5) is 5.08. The van der Waals surface area contributed by atoms with Crippen LogP contribution in [0.2, 0.25) is 0 Å². The summed E-state index contributed by atoms with van der Waals surface area (Å²) in [6.07, 6.45) is 1.72. The molecule has 2 aromatic carbocycles. The van der Waals surface area contributed by atoms with Crippen LogP contribution in [0.5, 0.6) is 17.2 Å². The number of ether oxygens (including phenoxy) is 3. The fraction of sp³-hybridized carbons (Fsp3) is 0.182. The molecule has 0 spiro atoms. The summed E-state index contributed by atoms with van der Waals surface area (Å²) < 4.78 is 24.0. The van der Waals surface area contributed by atoms with E-state index in [4.69, 9.17) is 18.6 Å². The van der Waals surface area contributed by atoms with Gasteiger partial charge in [-0.1, -0.05) is 18.2 Å². The zero-order valence-corrected chi connectivity index (χ0v) is 17.9. The van der Waals surface area contributed by atoms with Gasteiger partial charge in [0.25, 0.3) is 0 Å². The second-order valence-corrected chi connectivity index (χ2v) is 7.13. The highest BCUT2D eigenvalue weighted by Crippen LogP contribution is 2.37. The third-order valence-electron chi connectivity index (χ3n) is 4.56. The van der Waals surface area contributed by atoms with Crippen LogP contribution in [0.4, 0.5) is 0 Å². The van der Waals surface area contributed by atoms with Crippen LogP contribution in [-0.4, -0.2) is 39.3 Å². The normalized spacial score (nSPS) is 12.1. The van der Waals surface area contributed by atoms with Crippen molar-refractivity contribution in [2.24, 2.45) is 10.1 Å². The predicted molar refractivity (Wildman–Crippen MR) is 118 cm³/mol. The van der Waals surface area contributed by atoms with Crippen molar-refractivity contribution in [3.8, 4) is 28.7 Å². The van der Waals surface area contributed by atoms with E-state index in [0.717, 1.165) is 32.8 Å². The highest BCUT2D eigenvalue weighted by molar-refractivity contribution is 7.07. The Morgan fingerprint density at radius 2 is 1.73 bits per heavy atom. The van der Waals surface area contributed by atoms with Crippen molar-refractivity contribution in [2.45, 2.75) is 0 Å². The lowest BCUT2D eigenvalue weighted by atomic mass is 10.2. The van der Waals surface area contributed by atoms with Gasteiger partial charge in [0.2, 0.25) is 10.6 Å². The maximum atomic E-state index is 6.02. The van der Waals surface area contributed by atoms with Crippen molar-refractivity contribution in [1.82, 2.24) is 4.68 Å². The highest BCUT2D eigenvalue weighted by atomic mass is 32.1. The Kier molecular flexibility index (Phi) is 5.58. The van der Waals surface area contributed by atoms with E-state index >= 15 is 0 Å². The Balaban J connectivity index is 1.78. The summed E-state index contributed by atoms with van der Waals surface area (Å²) in [6.45, 7) is 0. The van der Waals surface area contributed by atoms with Gasteiger partial charge < -0.3 is 18.6 Å². The summed E-state index contributed by atoms with van der Waals surface area (Å²) in [7, 11) is 6.48. The number of para-hydroxylation sites is 1. The predicted octanol–water partition coefficient (Wildman–Crippen LogP) is 4.40. The summed E-state index contributed by atoms with van der Waals surface area (Å²) in [5.41, 5.74) is 2.44. The van der Waals surface area contributed by atoms with E-state index in [9.17, 15) is 0 Å². The van der Waals surface area contributed by atoms with E-state index < -0.39 is 0 Å². The maximum Gasteiger partial charge on any atom is 0.206 e. The molecule has 8 heteroatoms. The van der Waals surface area contributed by atoms with Gasteiger partial charge in [-0.05, 0) is 24.3 Å². The Hall–Kier alpha value is -3.52. The minimum Gasteiger partial charge on any atom is -0.493 e. The van der Waals surface area contributed by atoms with Crippen molar-refractivity contribution in [2.75, 3.05) is 28.4 Å². The van der Waals surface area contributed by atoms with Crippen molar-refractivity contribution >= 4 is 28.5 Å². The Morgan fingerprint density at radius 1 is 1.00 bits per heavy atom. The number of furan rings is 1. The fourth-order valence-electron chi connectivity index (χ4n) is 3.14. The molecule has 30 heavy (non-hydrogen) atoms. The van der Waals surface area contributed by atoms with Gasteiger partial charge in [0.1, 0.15) is 11.3 Å². The lowest BCUT2D eigenvalue weighted by Gasteiger charge is -2.12. The number of fused-ring (bicyclic) bond motifs is 1. The van der Waals surface area contributed by atoms with Gasteiger partial charge in [0.15, 0.2) is 17.3 Å². The molecule has 0 saturated carbocycles. The molecule has 4 rings (SSSR count). The summed E-state index contributed by atoms with van der Waals surface area (Å²) in [5, 5.41) is 7.67. The van der Waals surface area contributed by atoms with Crippen molar-refractivity contribution in [3.05, 3.63) is 58.2 Å². The smallest absolute Gasteiger partial charge is 0.206 e. The molecule has 0 unspecified atom stereocenters. The molecule has 7 nitrogen and oxygen atoms in total. The molecule has 0 fully saturated rings. The number of benzene rings is 2. The minimum absolute atomic E-state index is 0.535. The third kappa shape index (κ3) is 3.57. The van der Waals surface area contributed by atoms with Gasteiger partial charge in [-0.15, -0.1) is 11.3 Å². The van der Waals surface area contributed by atoms with Gasteiger partial charge >= 0.3 is 0 Å². The molecule has 2 heterocycles. The average molecular weight is 423 g/mol. The van der Waals surface area contributed by atoms with E-state index in [1.54, 1.807) is 39.3 Å². The molecule has 4 aromatic rings. The van der Waals surface area contributed by atoms with E-state index in [1.165, 1.54) is 11.3 Å². The molecule has 0 saturated heterocycles. The topological polar surface area (TPSA) is 70.5 Å². The average Bonchev–Trinajstić information content (AvgIpc) is 3.40. The van der Waals surface area contributed by atoms with Gasteiger partial charge in [0, 0.05) is 23.4 Å². The molecule has 0 aliphatic carbocycles. The lowest BCUT2D eigenvalue weighted by molar-refractivity contribution is 0.324. The first-order valence-electron chi connectivity index (χ1n) is 9.15. The Bertz CT molecular complexity index is 1230. The largest absolute Gasteiger partial charge is 0.493 e. The van der Waals surface area contributed by atoms with Crippen LogP contribution >= 0.6 is 11.3 Å². The molecule has 154 valence electrons. The highest BCUT2D eigenvalue weighted by Gasteiger charge is 2.14. The van der Waals surface area contributed by atoms with Crippen LogP contribution in [0, 0.1) is 0 Å². The summed E-state index contributed by atoms with van der Waals surface area (Å²) in [6, 6.07) is 13.6. The molecular weight excluding hydrogens is 402 g/mol. The fourth-order valence-corrected chi connectivity index (χ4v) is 3.93. The molecule has 0 radical (unpaired) electrons. The molecule has 0 N–H and O–H groups in total. The van der Waals surface area contributed by atoms with E-state index in [-0.39, 0.29) is 0 Å². The number of rotatable bonds is 6. The van der Waals surface area contributed by atoms with E-state index in [2.05, 4.69) is 10.1 Å². The number of nitrogens with zero attached hydrogens (tertiary/aromatic N) is 3. The number of methoxy groups -OCH3 is 3. The molecule has 0 amide bonds. The first-order chi connectivity index (χ1) is 14.7. The van der Waals surface area contributed by atoms with Crippen LogP contribution in [-0.2, 0) is 0 Å². The monoisotopic (exact) mass is 423 g/mol. The number of hydrogen-bond acceptors (Lipinski definition) is 7. The van der Waals surface area contributed by atoms with Gasteiger partial charge in [-0.2, -0.15) is 5.10 Å². The second-order valence-electron chi connectivity index (χ2n) is 6.29. The summed E-state index contributed by atoms with van der Waals surface area (Å²) >= 11 is 1.49. The van der Waals surface area contributed by atoms with Gasteiger partial charge in [-0.25, -0.2) is 4.68 Å². The van der Waals surface area contributed by atoms with Crippen molar-refractivity contribution < 1.29 is 18.6 Å². The Morgan fingerprint density at radius 3 is 2.37 bits per heavy atom. The molecule has 2 aromatic heterocycles. The quantitative estimate of drug-likeness (QED) is 0.431. The van der Waals surface area contributed by atoms with E-state index in [1.807, 2.05) is 47.8 Å². The molecule has 0 aliphatic rings. The standard InChI is InChI=1S/C22H21N3O4S/c1-23-22-25(16(13-30-22)18-11-15-7-5-6-8-17(15)29-18)24-12-14-9-19(26-2)21(28-4)20(10-14)27-3/h5-13H,1-4H3. The number of hydrogen-bond donors (Lipinski definition) is 0. The van der Waals surface area contributed by atoms with Crippen LogP contribution in [0.25, 0.3) is 22.4 Å². The molecule has 0 atom stereocenters. The molecule has 0 bridgehead atoms. The Labute approximate surface area is 177 Å². The van der Waals surface area contributed by atoms with Crippen LogP contribution in [0.1, 0.15) is 5.56 Å². The van der Waals surface area contributed by atoms with Crippen molar-refractivity contribution in [3.63, 3.8) is 0 Å². The zero-order chi connectivity index (χ0) is 21.1. The number of thiazole rings is 1. The molecule has 0 aliphatic heterocycles. The lowest BCUT2D eigenvalue weighted by Crippen LogP contribution is -2.11. The van der Waals surface area contributed by atoms with E-state index in [0.29, 0.717) is 17.2 Å². The first kappa shape index (κ1) is 19.8. The third-order valence-corrected chi connectivity index (χ3v) is 5.47. The van der Waals surface area contributed by atoms with Gasteiger partial charge in [0.05, 0.1) is 27.5 Å². The minimum atomic E-state index is 0.535. The van der Waals surface area contributed by atoms with Crippen molar-refractivity contribution in [1.29, 1.82) is 0 Å². The van der Waals surface area contributed by atoms with Gasteiger partial charge in [-0.3, -0.25) is 4.99 Å². The number of aromatic nitrogens is 1. The summed E-state index contributed by atoms with van der Waals surface area (Å²) in [5.74, 6) is 2.38. The SMILES string of the molecule is CN=c1scc(-c2cc3ccccc3o2)n1N=Cc1cc(OC)c(OC)c(OC)c1. The first-order valence-corrected chi connectivity index (χ1v) is 10.0. The molecular formula is C22H21N3O4S. The second kappa shape index (κ2) is 8.46. The van der Waals surface area contributed by atoms with Crippen LogP contribution < -0.4 is 19.0 Å². The maximum absolute atomic E-state index is 6.02. The van der Waals surface area contributed by atoms with Crippen LogP contribution in [0.15, 0.2) is 62.4 Å². The zero-order valence-electron chi connectivity index (χ0n) is 17.1. The van der Waals surface area contributed by atoms with Crippen LogP contribution in [0.3, 0.4) is 0 Å².